The van der Waals surface area contributed by atoms with Crippen LogP contribution in [-0.2, 0) is 19.1 Å². The highest BCUT2D eigenvalue weighted by molar-refractivity contribution is 7.99. The number of anilines is 1. The molecule has 0 radical (unpaired) electrons. The Labute approximate surface area is 144 Å². The molecule has 0 aliphatic carbocycles. The maximum absolute atomic E-state index is 11.9. The molecule has 0 bridgehead atoms. The van der Waals surface area contributed by atoms with Crippen LogP contribution in [0.25, 0.3) is 0 Å². The Bertz CT molecular complexity index is 611. The average Bonchev–Trinajstić information content (AvgIpc) is 3.09. The van der Waals surface area contributed by atoms with Crippen LogP contribution in [0, 0.1) is 0 Å². The number of ether oxygens (including phenoxy) is 2. The summed E-state index contributed by atoms with van der Waals surface area (Å²) >= 11 is 1.76. The molecule has 0 spiro atoms. The Hall–Kier alpha value is -2.06. The van der Waals surface area contributed by atoms with Crippen LogP contribution in [0.1, 0.15) is 16.8 Å². The molecule has 1 atom stereocenters. The summed E-state index contributed by atoms with van der Waals surface area (Å²) < 4.78 is 10.1. The summed E-state index contributed by atoms with van der Waals surface area (Å²) in [5, 5.41) is 5.09. The number of methoxy groups -OCH3 is 2. The van der Waals surface area contributed by atoms with Crippen molar-refractivity contribution in [1.82, 2.24) is 5.32 Å². The van der Waals surface area contributed by atoms with Crippen molar-refractivity contribution in [2.24, 2.45) is 0 Å². The van der Waals surface area contributed by atoms with E-state index in [1.54, 1.807) is 18.9 Å². The van der Waals surface area contributed by atoms with Crippen molar-refractivity contribution in [2.75, 3.05) is 37.6 Å². The fraction of sp³-hybridized carbons (Fsp3) is 0.438. The van der Waals surface area contributed by atoms with Crippen molar-refractivity contribution in [3.63, 3.8) is 0 Å². The fourth-order valence-electron chi connectivity index (χ4n) is 2.28. The number of hydrogen-bond acceptors (Lipinski definition) is 6. The van der Waals surface area contributed by atoms with Crippen molar-refractivity contribution < 1.29 is 23.9 Å². The van der Waals surface area contributed by atoms with Crippen LogP contribution in [0.4, 0.5) is 5.69 Å². The van der Waals surface area contributed by atoms with Gasteiger partial charge < -0.3 is 20.1 Å². The molecule has 1 aliphatic rings. The van der Waals surface area contributed by atoms with Gasteiger partial charge >= 0.3 is 17.8 Å². The van der Waals surface area contributed by atoms with Crippen LogP contribution in [0.15, 0.2) is 24.3 Å². The number of rotatable bonds is 5. The second kappa shape index (κ2) is 8.16. The third-order valence-corrected chi connectivity index (χ3v) is 5.06. The fourth-order valence-corrected chi connectivity index (χ4v) is 3.68. The van der Waals surface area contributed by atoms with E-state index < -0.39 is 23.4 Å². The zero-order valence-corrected chi connectivity index (χ0v) is 14.4. The van der Waals surface area contributed by atoms with Gasteiger partial charge in [0.05, 0.1) is 18.3 Å². The van der Waals surface area contributed by atoms with Gasteiger partial charge in [0.25, 0.3) is 0 Å². The molecule has 2 N–H and O–H groups in total. The lowest BCUT2D eigenvalue weighted by atomic mass is 10.0. The van der Waals surface area contributed by atoms with Crippen LogP contribution in [0.2, 0.25) is 0 Å². The number of esters is 1. The Balaban J connectivity index is 1.87. The van der Waals surface area contributed by atoms with Crippen LogP contribution in [0.3, 0.4) is 0 Å². The summed E-state index contributed by atoms with van der Waals surface area (Å²) in [6.45, 7) is 0.296. The Morgan fingerprint density at radius 2 is 1.88 bits per heavy atom. The highest BCUT2D eigenvalue weighted by Crippen LogP contribution is 2.30. The first-order chi connectivity index (χ1) is 11.5. The maximum atomic E-state index is 11.9. The first-order valence-corrected chi connectivity index (χ1v) is 8.55. The van der Waals surface area contributed by atoms with Crippen LogP contribution in [-0.4, -0.2) is 55.7 Å². The molecule has 2 amide bonds. The van der Waals surface area contributed by atoms with E-state index in [1.807, 2.05) is 0 Å². The molecule has 1 aromatic carbocycles. The van der Waals surface area contributed by atoms with Crippen LogP contribution >= 0.6 is 11.8 Å². The Morgan fingerprint density at radius 1 is 1.17 bits per heavy atom. The molecule has 2 rings (SSSR count). The number of carbonyl (C=O) groups is 3. The molecule has 1 saturated heterocycles. The van der Waals surface area contributed by atoms with Crippen LogP contribution in [0.5, 0.6) is 0 Å². The summed E-state index contributed by atoms with van der Waals surface area (Å²) in [6, 6.07) is 6.08. The number of thioether (sulfide) groups is 1. The zero-order valence-electron chi connectivity index (χ0n) is 13.6. The lowest BCUT2D eigenvalue weighted by Gasteiger charge is -2.26. The molecule has 1 fully saturated rings. The van der Waals surface area contributed by atoms with Gasteiger partial charge in [-0.2, -0.15) is 11.8 Å². The molecule has 0 saturated carbocycles. The van der Waals surface area contributed by atoms with E-state index in [1.165, 1.54) is 31.4 Å². The Kier molecular flexibility index (Phi) is 6.22. The first-order valence-electron chi connectivity index (χ1n) is 7.40. The standard InChI is InChI=1S/C16H20N2O5S/c1-22-15(21)11-3-5-12(6-4-11)18-14(20)13(19)17-9-16(23-2)7-8-24-10-16/h3-6H,7-10H2,1-2H3,(H,17,19)(H,18,20)/t16-/m0/s1. The molecule has 0 aromatic heterocycles. The van der Waals surface area contributed by atoms with Crippen molar-refractivity contribution in [2.45, 2.75) is 12.0 Å². The van der Waals surface area contributed by atoms with E-state index in [-0.39, 0.29) is 0 Å². The summed E-state index contributed by atoms with van der Waals surface area (Å²) in [4.78, 5) is 35.2. The summed E-state index contributed by atoms with van der Waals surface area (Å²) in [5.41, 5.74) is 0.379. The van der Waals surface area contributed by atoms with Gasteiger partial charge in [-0.15, -0.1) is 0 Å². The summed E-state index contributed by atoms with van der Waals surface area (Å²) in [6.07, 6.45) is 0.838. The van der Waals surface area contributed by atoms with Gasteiger partial charge in [0, 0.05) is 25.1 Å². The number of benzene rings is 1. The maximum Gasteiger partial charge on any atom is 0.337 e. The van der Waals surface area contributed by atoms with Gasteiger partial charge in [-0.3, -0.25) is 9.59 Å². The number of amides is 2. The van der Waals surface area contributed by atoms with Crippen molar-refractivity contribution >= 4 is 35.2 Å². The molecule has 1 aromatic rings. The quantitative estimate of drug-likeness (QED) is 0.608. The lowest BCUT2D eigenvalue weighted by Crippen LogP contribution is -2.47. The number of hydrogen-bond donors (Lipinski definition) is 2. The monoisotopic (exact) mass is 352 g/mol. The highest BCUT2D eigenvalue weighted by Gasteiger charge is 2.35. The summed E-state index contributed by atoms with van der Waals surface area (Å²) in [5.74, 6) is -0.189. The largest absolute Gasteiger partial charge is 0.465 e. The summed E-state index contributed by atoms with van der Waals surface area (Å²) in [7, 11) is 2.90. The Morgan fingerprint density at radius 3 is 2.42 bits per heavy atom. The average molecular weight is 352 g/mol. The van der Waals surface area contributed by atoms with Gasteiger partial charge in [-0.25, -0.2) is 4.79 Å². The third kappa shape index (κ3) is 4.48. The first kappa shape index (κ1) is 18.3. The molecule has 1 heterocycles. The molecular formula is C16H20N2O5S. The molecule has 7 nitrogen and oxygen atoms in total. The minimum atomic E-state index is -0.766. The molecule has 130 valence electrons. The smallest absolute Gasteiger partial charge is 0.337 e. The predicted molar refractivity (Wildman–Crippen MR) is 91.1 cm³/mol. The second-order valence-corrected chi connectivity index (χ2v) is 6.50. The topological polar surface area (TPSA) is 93.7 Å². The van der Waals surface area contributed by atoms with E-state index in [2.05, 4.69) is 15.4 Å². The van der Waals surface area contributed by atoms with E-state index in [0.29, 0.717) is 17.8 Å². The van der Waals surface area contributed by atoms with Crippen molar-refractivity contribution in [3.05, 3.63) is 29.8 Å². The molecule has 8 heteroatoms. The zero-order chi connectivity index (χ0) is 17.6. The molecule has 1 aliphatic heterocycles. The molecular weight excluding hydrogens is 332 g/mol. The van der Waals surface area contributed by atoms with Crippen LogP contribution < -0.4 is 10.6 Å². The predicted octanol–water partition coefficient (Wildman–Crippen LogP) is 1.05. The van der Waals surface area contributed by atoms with Gasteiger partial charge in [-0.05, 0) is 36.4 Å². The normalized spacial score (nSPS) is 19.6. The van der Waals surface area contributed by atoms with E-state index >= 15 is 0 Å². The lowest BCUT2D eigenvalue weighted by molar-refractivity contribution is -0.136. The van der Waals surface area contributed by atoms with E-state index in [4.69, 9.17) is 4.74 Å². The number of carbonyl (C=O) groups excluding carboxylic acids is 3. The minimum absolute atomic E-state index is 0.296. The third-order valence-electron chi connectivity index (χ3n) is 3.84. The van der Waals surface area contributed by atoms with Crippen molar-refractivity contribution in [3.8, 4) is 0 Å². The van der Waals surface area contributed by atoms with Gasteiger partial charge in [0.2, 0.25) is 0 Å². The van der Waals surface area contributed by atoms with E-state index in [9.17, 15) is 14.4 Å². The van der Waals surface area contributed by atoms with E-state index in [0.717, 1.165) is 17.9 Å². The highest BCUT2D eigenvalue weighted by atomic mass is 32.2. The number of nitrogens with one attached hydrogen (secondary N) is 2. The molecule has 0 unspecified atom stereocenters. The second-order valence-electron chi connectivity index (χ2n) is 5.40. The van der Waals surface area contributed by atoms with Gasteiger partial charge in [-0.1, -0.05) is 0 Å². The minimum Gasteiger partial charge on any atom is -0.465 e. The van der Waals surface area contributed by atoms with Crippen molar-refractivity contribution in [1.29, 1.82) is 0 Å². The SMILES string of the molecule is COC(=O)c1ccc(NC(=O)C(=O)NC[C@@]2(OC)CCSC2)cc1. The molecule has 24 heavy (non-hydrogen) atoms. The van der Waals surface area contributed by atoms with Gasteiger partial charge in [0.1, 0.15) is 0 Å². The van der Waals surface area contributed by atoms with Gasteiger partial charge in [0.15, 0.2) is 0 Å².